The number of hydrogen-bond donors (Lipinski definition) is 2. The molecule has 0 unspecified atom stereocenters. The zero-order valence-corrected chi connectivity index (χ0v) is 11.2. The van der Waals surface area contributed by atoms with E-state index in [9.17, 15) is 12.8 Å². The quantitative estimate of drug-likeness (QED) is 0.886. The van der Waals surface area contributed by atoms with Gasteiger partial charge in [-0.1, -0.05) is 11.6 Å². The lowest BCUT2D eigenvalue weighted by Gasteiger charge is -2.38. The third-order valence-corrected chi connectivity index (χ3v) is 4.82. The van der Waals surface area contributed by atoms with Crippen molar-refractivity contribution < 1.29 is 12.8 Å². The molecule has 1 aromatic carbocycles. The van der Waals surface area contributed by atoms with E-state index < -0.39 is 26.3 Å². The molecule has 0 amide bonds. The summed E-state index contributed by atoms with van der Waals surface area (Å²) in [6, 6.07) is 3.45. The average Bonchev–Trinajstić information content (AvgIpc) is 2.23. The number of benzene rings is 1. The van der Waals surface area contributed by atoms with Crippen molar-refractivity contribution in [3.63, 3.8) is 0 Å². The van der Waals surface area contributed by atoms with Gasteiger partial charge in [0.1, 0.15) is 10.7 Å². The fourth-order valence-electron chi connectivity index (χ4n) is 1.82. The zero-order chi connectivity index (χ0) is 13.4. The van der Waals surface area contributed by atoms with Crippen molar-refractivity contribution in [2.75, 3.05) is 6.54 Å². The molecular formula is C11H14ClFN2O2S. The second kappa shape index (κ2) is 4.77. The van der Waals surface area contributed by atoms with E-state index >= 15 is 0 Å². The maximum atomic E-state index is 13.5. The summed E-state index contributed by atoms with van der Waals surface area (Å²) in [5, 5.41) is 0.153. The smallest absolute Gasteiger partial charge is 0.243 e. The Bertz CT molecular complexity index is 558. The molecule has 7 heteroatoms. The molecule has 2 rings (SSSR count). The largest absolute Gasteiger partial charge is 0.324 e. The Hall–Kier alpha value is -0.690. The number of nitrogens with two attached hydrogens (primary N) is 1. The third-order valence-electron chi connectivity index (χ3n) is 3.15. The maximum Gasteiger partial charge on any atom is 0.243 e. The molecule has 0 radical (unpaired) electrons. The van der Waals surface area contributed by atoms with E-state index in [1.54, 1.807) is 0 Å². The molecule has 1 aromatic rings. The van der Waals surface area contributed by atoms with Crippen LogP contribution in [0.4, 0.5) is 4.39 Å². The molecule has 3 N–H and O–H groups in total. The molecule has 1 aliphatic carbocycles. The molecule has 0 saturated heterocycles. The van der Waals surface area contributed by atoms with Crippen molar-refractivity contribution >= 4 is 21.6 Å². The minimum Gasteiger partial charge on any atom is -0.324 e. The first-order chi connectivity index (χ1) is 8.32. The lowest BCUT2D eigenvalue weighted by Crippen LogP contribution is -2.54. The molecule has 0 bridgehead atoms. The SMILES string of the molecule is NC1(CNS(=O)(=O)c2ccc(Cl)cc2F)CCC1. The van der Waals surface area contributed by atoms with E-state index in [0.717, 1.165) is 31.4 Å². The number of rotatable bonds is 4. The first-order valence-electron chi connectivity index (χ1n) is 5.56. The Balaban J connectivity index is 2.15. The van der Waals surface area contributed by atoms with Gasteiger partial charge in [0.15, 0.2) is 0 Å². The Kier molecular flexibility index (Phi) is 3.64. The molecule has 0 aromatic heterocycles. The van der Waals surface area contributed by atoms with Gasteiger partial charge in [-0.25, -0.2) is 17.5 Å². The highest BCUT2D eigenvalue weighted by Crippen LogP contribution is 2.28. The first kappa shape index (κ1) is 13.7. The van der Waals surface area contributed by atoms with Gasteiger partial charge < -0.3 is 5.73 Å². The van der Waals surface area contributed by atoms with Crippen molar-refractivity contribution in [3.05, 3.63) is 29.0 Å². The van der Waals surface area contributed by atoms with Crippen LogP contribution in [0.2, 0.25) is 5.02 Å². The molecule has 18 heavy (non-hydrogen) atoms. The minimum atomic E-state index is -3.88. The van der Waals surface area contributed by atoms with E-state index in [4.69, 9.17) is 17.3 Å². The van der Waals surface area contributed by atoms with E-state index in [1.165, 1.54) is 6.07 Å². The van der Waals surface area contributed by atoms with Crippen LogP contribution in [-0.2, 0) is 10.0 Å². The summed E-state index contributed by atoms with van der Waals surface area (Å²) in [6.07, 6.45) is 2.55. The number of sulfonamides is 1. The summed E-state index contributed by atoms with van der Waals surface area (Å²) < 4.78 is 39.7. The maximum absolute atomic E-state index is 13.5. The van der Waals surface area contributed by atoms with Crippen molar-refractivity contribution in [2.45, 2.75) is 29.7 Å². The predicted octanol–water partition coefficient (Wildman–Crippen LogP) is 1.64. The van der Waals surface area contributed by atoms with Crippen LogP contribution in [0.5, 0.6) is 0 Å². The lowest BCUT2D eigenvalue weighted by molar-refractivity contribution is 0.251. The molecule has 0 aliphatic heterocycles. The molecular weight excluding hydrogens is 279 g/mol. The monoisotopic (exact) mass is 292 g/mol. The Morgan fingerprint density at radius 2 is 2.11 bits per heavy atom. The van der Waals surface area contributed by atoms with Crippen molar-refractivity contribution in [1.82, 2.24) is 4.72 Å². The highest BCUT2D eigenvalue weighted by molar-refractivity contribution is 7.89. The van der Waals surface area contributed by atoms with Crippen LogP contribution in [0, 0.1) is 5.82 Å². The van der Waals surface area contributed by atoms with Gasteiger partial charge in [-0.3, -0.25) is 0 Å². The van der Waals surface area contributed by atoms with Crippen LogP contribution in [0.15, 0.2) is 23.1 Å². The van der Waals surface area contributed by atoms with Gasteiger partial charge in [-0.2, -0.15) is 0 Å². The number of nitrogens with one attached hydrogen (secondary N) is 1. The second-order valence-corrected chi connectivity index (χ2v) is 6.79. The zero-order valence-electron chi connectivity index (χ0n) is 9.62. The summed E-state index contributed by atoms with van der Waals surface area (Å²) in [6.45, 7) is 0.122. The number of halogens is 2. The Morgan fingerprint density at radius 3 is 2.61 bits per heavy atom. The Labute approximate surface area is 110 Å². The van der Waals surface area contributed by atoms with Gasteiger partial charge >= 0.3 is 0 Å². The summed E-state index contributed by atoms with van der Waals surface area (Å²) in [4.78, 5) is -0.408. The average molecular weight is 293 g/mol. The highest BCUT2D eigenvalue weighted by atomic mass is 35.5. The Morgan fingerprint density at radius 1 is 1.44 bits per heavy atom. The topological polar surface area (TPSA) is 72.2 Å². The van der Waals surface area contributed by atoms with Crippen LogP contribution < -0.4 is 10.5 Å². The van der Waals surface area contributed by atoms with Crippen LogP contribution in [0.25, 0.3) is 0 Å². The van der Waals surface area contributed by atoms with Crippen molar-refractivity contribution in [2.24, 2.45) is 5.73 Å². The molecule has 100 valence electrons. The fraction of sp³-hybridized carbons (Fsp3) is 0.455. The number of hydrogen-bond acceptors (Lipinski definition) is 3. The molecule has 0 heterocycles. The molecule has 0 atom stereocenters. The van der Waals surface area contributed by atoms with E-state index in [-0.39, 0.29) is 11.6 Å². The van der Waals surface area contributed by atoms with Crippen LogP contribution in [0.3, 0.4) is 0 Å². The molecule has 0 spiro atoms. The van der Waals surface area contributed by atoms with Crippen LogP contribution in [-0.4, -0.2) is 20.5 Å². The first-order valence-corrected chi connectivity index (χ1v) is 7.42. The molecule has 1 fully saturated rings. The summed E-state index contributed by atoms with van der Waals surface area (Å²) >= 11 is 5.57. The molecule has 1 aliphatic rings. The standard InChI is InChI=1S/C11H14ClFN2O2S/c12-8-2-3-10(9(13)6-8)18(16,17)15-7-11(14)4-1-5-11/h2-3,6,15H,1,4-5,7,14H2. The fourth-order valence-corrected chi connectivity index (χ4v) is 3.17. The van der Waals surface area contributed by atoms with Crippen LogP contribution >= 0.6 is 11.6 Å². The van der Waals surface area contributed by atoms with Gasteiger partial charge in [0, 0.05) is 17.1 Å². The van der Waals surface area contributed by atoms with E-state index in [0.29, 0.717) is 0 Å². The lowest BCUT2D eigenvalue weighted by atomic mass is 9.78. The normalized spacial score (nSPS) is 18.4. The predicted molar refractivity (Wildman–Crippen MR) is 67.4 cm³/mol. The molecule has 1 saturated carbocycles. The second-order valence-electron chi connectivity index (χ2n) is 4.62. The molecule has 4 nitrogen and oxygen atoms in total. The summed E-state index contributed by atoms with van der Waals surface area (Å²) in [5.41, 5.74) is 5.42. The van der Waals surface area contributed by atoms with Crippen LogP contribution in [0.1, 0.15) is 19.3 Å². The van der Waals surface area contributed by atoms with Crippen molar-refractivity contribution in [3.8, 4) is 0 Å². The van der Waals surface area contributed by atoms with Crippen molar-refractivity contribution in [1.29, 1.82) is 0 Å². The van der Waals surface area contributed by atoms with Gasteiger partial charge in [-0.05, 0) is 37.5 Å². The van der Waals surface area contributed by atoms with E-state index in [1.807, 2.05) is 0 Å². The third kappa shape index (κ3) is 2.83. The van der Waals surface area contributed by atoms with Gasteiger partial charge in [0.05, 0.1) is 0 Å². The minimum absolute atomic E-state index is 0.122. The van der Waals surface area contributed by atoms with Gasteiger partial charge in [0.25, 0.3) is 0 Å². The van der Waals surface area contributed by atoms with E-state index in [2.05, 4.69) is 4.72 Å². The summed E-state index contributed by atoms with van der Waals surface area (Å²) in [7, 11) is -3.88. The summed E-state index contributed by atoms with van der Waals surface area (Å²) in [5.74, 6) is -0.866. The van der Waals surface area contributed by atoms with Gasteiger partial charge in [0.2, 0.25) is 10.0 Å². The highest BCUT2D eigenvalue weighted by Gasteiger charge is 2.34. The van der Waals surface area contributed by atoms with Gasteiger partial charge in [-0.15, -0.1) is 0 Å².